The highest BCUT2D eigenvalue weighted by Gasteiger charge is 2.32. The summed E-state index contributed by atoms with van der Waals surface area (Å²) in [5.41, 5.74) is 11.3. The Morgan fingerprint density at radius 2 is 0.458 bits per heavy atom. The molecule has 0 unspecified atom stereocenters. The van der Waals surface area contributed by atoms with Gasteiger partial charge in [0.25, 0.3) is 11.8 Å². The lowest BCUT2D eigenvalue weighted by atomic mass is 9.79. The monoisotopic (exact) mass is 1620 g/mol. The fraction of sp³-hybridized carbons (Fsp3) is 0.490. The largest absolute Gasteiger partial charge is 0.507 e. The van der Waals surface area contributed by atoms with Crippen LogP contribution in [0.4, 0.5) is 11.4 Å². The normalized spacial score (nSPS) is 15.8. The highest BCUT2D eigenvalue weighted by molar-refractivity contribution is 5.93. The molecule has 8 aromatic carbocycles. The van der Waals surface area contributed by atoms with Crippen molar-refractivity contribution in [2.45, 2.75) is 196 Å². The number of rotatable bonds is 8. The zero-order valence-electron chi connectivity index (χ0n) is 72.9. The van der Waals surface area contributed by atoms with E-state index in [2.05, 4.69) is 172 Å². The summed E-state index contributed by atoms with van der Waals surface area (Å²) in [6.45, 7) is 43.1. The molecule has 2 aliphatic heterocycles. The smallest absolute Gasteiger partial charge is 0.262 e. The van der Waals surface area contributed by atoms with Crippen molar-refractivity contribution in [3.05, 3.63) is 209 Å². The number of phenolic OH excluding ortho intramolecular Hbond substituents is 4. The maximum absolute atomic E-state index is 14.8. The second-order valence-corrected chi connectivity index (χ2v) is 37.4. The summed E-state index contributed by atoms with van der Waals surface area (Å²) < 4.78 is 73.1. The van der Waals surface area contributed by atoms with E-state index in [-0.39, 0.29) is 88.0 Å². The third-order valence-electron chi connectivity index (χ3n) is 21.6. The Balaban J connectivity index is 1.09. The molecule has 3 aliphatic rings. The summed E-state index contributed by atoms with van der Waals surface area (Å²) in [6.07, 6.45) is 0.779. The van der Waals surface area contributed by atoms with E-state index in [1.807, 2.05) is 36.4 Å². The number of carbonyl (C=O) groups is 2. The Morgan fingerprint density at radius 3 is 0.669 bits per heavy atom. The Kier molecular flexibility index (Phi) is 28.9. The number of fused-ring (bicyclic) bond motifs is 14. The summed E-state index contributed by atoms with van der Waals surface area (Å²) in [7, 11) is 0. The van der Waals surface area contributed by atoms with E-state index >= 15 is 0 Å². The van der Waals surface area contributed by atoms with Crippen LogP contribution in [0.3, 0.4) is 0 Å². The summed E-state index contributed by atoms with van der Waals surface area (Å²) in [4.78, 5) is 29.6. The Morgan fingerprint density at radius 1 is 0.271 bits per heavy atom. The number of phenols is 4. The van der Waals surface area contributed by atoms with Gasteiger partial charge in [-0.05, 0) is 157 Å². The van der Waals surface area contributed by atoms with Crippen LogP contribution < -0.4 is 39.1 Å². The Hall–Kier alpha value is -9.54. The minimum atomic E-state index is -0.476. The fourth-order valence-corrected chi connectivity index (χ4v) is 14.6. The van der Waals surface area contributed by atoms with Gasteiger partial charge in [0.05, 0.1) is 79.3 Å². The van der Waals surface area contributed by atoms with Gasteiger partial charge in [-0.1, -0.05) is 197 Å². The van der Waals surface area contributed by atoms with Gasteiger partial charge in [-0.25, -0.2) is 0 Å². The molecular formula is C98H126N2O18. The summed E-state index contributed by atoms with van der Waals surface area (Å²) >= 11 is 0. The topological polar surface area (TPSA) is 250 Å². The molecule has 6 N–H and O–H groups in total. The first-order valence-electron chi connectivity index (χ1n) is 41.6. The number of anilines is 2. The Bertz CT molecular complexity index is 4560. The number of carbonyl (C=O) groups excluding carboxylic acids is 2. The number of aromatic hydroxyl groups is 4. The number of hydrogen-bond donors (Lipinski definition) is 6. The van der Waals surface area contributed by atoms with E-state index < -0.39 is 57.5 Å². The number of benzene rings is 8. The van der Waals surface area contributed by atoms with E-state index in [1.54, 1.807) is 36.4 Å². The van der Waals surface area contributed by atoms with Crippen LogP contribution in [0.1, 0.15) is 225 Å². The predicted molar refractivity (Wildman–Crippen MR) is 462 cm³/mol. The molecule has 2 heterocycles. The minimum Gasteiger partial charge on any atom is -0.507 e. The maximum atomic E-state index is 14.8. The van der Waals surface area contributed by atoms with E-state index in [0.717, 1.165) is 33.4 Å². The summed E-state index contributed by atoms with van der Waals surface area (Å²) in [5.74, 6) is 1.73. The molecule has 0 saturated heterocycles. The van der Waals surface area contributed by atoms with Crippen LogP contribution in [-0.4, -0.2) is 151 Å². The molecule has 0 fully saturated rings. The van der Waals surface area contributed by atoms with Gasteiger partial charge in [0.1, 0.15) is 60.9 Å². The highest BCUT2D eigenvalue weighted by Crippen LogP contribution is 2.47. The van der Waals surface area contributed by atoms with Gasteiger partial charge in [0, 0.05) is 62.0 Å². The average Bonchev–Trinajstić information content (AvgIpc) is 0.767. The van der Waals surface area contributed by atoms with Crippen LogP contribution in [0.2, 0.25) is 0 Å². The second kappa shape index (κ2) is 38.2. The van der Waals surface area contributed by atoms with E-state index in [9.17, 15) is 30.0 Å². The number of hydrogen-bond acceptors (Lipinski definition) is 18. The van der Waals surface area contributed by atoms with Crippen molar-refractivity contribution < 1.29 is 86.9 Å². The molecule has 118 heavy (non-hydrogen) atoms. The van der Waals surface area contributed by atoms with E-state index in [4.69, 9.17) is 56.8 Å². The van der Waals surface area contributed by atoms with Gasteiger partial charge < -0.3 is 87.9 Å². The molecule has 0 atom stereocenters. The number of amides is 2. The lowest BCUT2D eigenvalue weighted by Crippen LogP contribution is -2.22. The van der Waals surface area contributed by atoms with Crippen LogP contribution in [0.25, 0.3) is 0 Å². The van der Waals surface area contributed by atoms with E-state index in [0.29, 0.717) is 192 Å². The molecule has 11 rings (SSSR count). The Labute approximate surface area is 698 Å². The van der Waals surface area contributed by atoms with Gasteiger partial charge in [-0.2, -0.15) is 0 Å². The number of nitrogens with one attached hydrogen (secondary N) is 2. The van der Waals surface area contributed by atoms with E-state index in [1.165, 1.54) is 0 Å². The van der Waals surface area contributed by atoms with Crippen molar-refractivity contribution in [3.63, 3.8) is 0 Å². The van der Waals surface area contributed by atoms with Gasteiger partial charge >= 0.3 is 0 Å². The van der Waals surface area contributed by atoms with Crippen LogP contribution in [0, 0.1) is 0 Å². The zero-order chi connectivity index (χ0) is 85.1. The molecule has 636 valence electrons. The molecule has 8 aromatic rings. The first kappa shape index (κ1) is 89.3. The minimum absolute atomic E-state index is 0.0243. The maximum Gasteiger partial charge on any atom is 0.262 e. The first-order chi connectivity index (χ1) is 55.7. The number of ether oxygens (including phenoxy) is 12. The molecule has 0 saturated carbocycles. The molecule has 12 bridgehead atoms. The van der Waals surface area contributed by atoms with Crippen molar-refractivity contribution in [3.8, 4) is 57.5 Å². The molecule has 20 nitrogen and oxygen atoms in total. The molecule has 1 aliphatic carbocycles. The fourth-order valence-electron chi connectivity index (χ4n) is 14.6. The lowest BCUT2D eigenvalue weighted by Gasteiger charge is -2.28. The third-order valence-corrected chi connectivity index (χ3v) is 21.6. The average molecular weight is 1620 g/mol. The molecule has 0 spiro atoms. The molecule has 0 radical (unpaired) electrons. The van der Waals surface area contributed by atoms with Crippen molar-refractivity contribution in [2.24, 2.45) is 0 Å². The zero-order valence-corrected chi connectivity index (χ0v) is 72.9. The molecular weight excluding hydrogens is 1490 g/mol. The quantitative estimate of drug-likeness (QED) is 0.0827. The molecule has 2 amide bonds. The van der Waals surface area contributed by atoms with Crippen molar-refractivity contribution in [1.29, 1.82) is 0 Å². The lowest BCUT2D eigenvalue weighted by molar-refractivity contribution is -0.118. The second-order valence-electron chi connectivity index (χ2n) is 37.4. The van der Waals surface area contributed by atoms with Gasteiger partial charge in [0.15, 0.2) is 36.2 Å². The third kappa shape index (κ3) is 23.9. The first-order valence-corrected chi connectivity index (χ1v) is 41.6. The molecule has 0 aromatic heterocycles. The molecule has 20 heteroatoms. The SMILES string of the molecule is CC(C)(C)c1cc2c(O)c(c1)Cc1cc(C(C)(C)C)cc(c1O)Cc1cc(C(C)(C)C)cc(c1OCC(=O)Nc1ccc3c(c1)OCCOCCOCCOCCO3)Cc1cc(C(C)(C)C)cc(c1O)Cc1cc(C(C)(C)C)cc(c1OCC(=O)Nc1ccc3c(c1)OCCOCCOCCOCCO3)Cc1cc(C(C)(C)C)cc(c1O)C2. The van der Waals surface area contributed by atoms with Crippen molar-refractivity contribution >= 4 is 23.2 Å². The summed E-state index contributed by atoms with van der Waals surface area (Å²) in [6, 6.07) is 35.1. The predicted octanol–water partition coefficient (Wildman–Crippen LogP) is 17.8. The van der Waals surface area contributed by atoms with Gasteiger partial charge in [0.2, 0.25) is 0 Å². The van der Waals surface area contributed by atoms with Crippen molar-refractivity contribution in [2.75, 3.05) is 130 Å². The van der Waals surface area contributed by atoms with Crippen LogP contribution >= 0.6 is 0 Å². The van der Waals surface area contributed by atoms with Crippen molar-refractivity contribution in [1.82, 2.24) is 0 Å². The van der Waals surface area contributed by atoms with Gasteiger partial charge in [-0.3, -0.25) is 9.59 Å². The van der Waals surface area contributed by atoms with Crippen LogP contribution in [0.5, 0.6) is 57.5 Å². The van der Waals surface area contributed by atoms with Gasteiger partial charge in [-0.15, -0.1) is 0 Å². The van der Waals surface area contributed by atoms with Crippen LogP contribution in [-0.2, 0) is 109 Å². The van der Waals surface area contributed by atoms with Crippen LogP contribution in [0.15, 0.2) is 109 Å². The summed E-state index contributed by atoms with van der Waals surface area (Å²) in [5, 5.41) is 59.1. The highest BCUT2D eigenvalue weighted by atomic mass is 16.6. The standard InChI is InChI=1S/C98H126N2O18/c1-93(2,3)73-45-61-39-63-47-74(94(4,5)6)49-65(88(63)104)41-69-53-77(97(13,14)15)55-71(91(69)117-59-85(101)99-79-19-21-81-83(57-79)115-37-33-111-29-25-107-23-27-109-31-35-113-81)43-67-51-76(96(10,11)12)52-68(90(67)106)44-72-56-78(98(16,17)18)54-70(42-66-50-75(95(7,8)9)48-64(89(66)105)40-62(46-73)87(61)103)92(72)118-60-86(102)100-80-20-22-82-84(58-80)116-38-34-112-30-26-108-24-28-110-32-36-114-82/h19-22,45-58,103-106H,23-44,59-60H2,1-18H3,(H,99,101)(H,100,102).